The van der Waals surface area contributed by atoms with Crippen LogP contribution in [0.15, 0.2) is 42.6 Å². The van der Waals surface area contributed by atoms with Crippen molar-refractivity contribution in [2.75, 3.05) is 31.1 Å². The zero-order chi connectivity index (χ0) is 18.0. The standard InChI is InChI=1S/C20H25N3O2/c1-20(2,3)16-14-15(7-8-17(16)24)19(25)23-12-10-22(11-13-23)18-6-4-5-9-21-18/h4-9,14,24H,10-13H2,1-3H3. The van der Waals surface area contributed by atoms with Crippen molar-refractivity contribution in [3.05, 3.63) is 53.7 Å². The molecule has 1 amide bonds. The van der Waals surface area contributed by atoms with Crippen LogP contribution in [0.4, 0.5) is 5.82 Å². The van der Waals surface area contributed by atoms with Gasteiger partial charge in [0.05, 0.1) is 0 Å². The molecule has 3 rings (SSSR count). The van der Waals surface area contributed by atoms with Crippen molar-refractivity contribution >= 4 is 11.7 Å². The van der Waals surface area contributed by atoms with E-state index in [1.54, 1.807) is 18.3 Å². The fourth-order valence-corrected chi connectivity index (χ4v) is 3.13. The SMILES string of the molecule is CC(C)(C)c1cc(C(=O)N2CCN(c3ccccn3)CC2)ccc1O. The van der Waals surface area contributed by atoms with Crippen LogP contribution >= 0.6 is 0 Å². The Kier molecular flexibility index (Phi) is 4.66. The van der Waals surface area contributed by atoms with E-state index in [4.69, 9.17) is 0 Å². The van der Waals surface area contributed by atoms with Gasteiger partial charge in [-0.1, -0.05) is 26.8 Å². The van der Waals surface area contributed by atoms with Gasteiger partial charge in [-0.15, -0.1) is 0 Å². The molecule has 5 heteroatoms. The average molecular weight is 339 g/mol. The molecule has 0 spiro atoms. The van der Waals surface area contributed by atoms with Crippen LogP contribution in [0.1, 0.15) is 36.7 Å². The highest BCUT2D eigenvalue weighted by atomic mass is 16.3. The Labute approximate surface area is 148 Å². The second-order valence-corrected chi connectivity index (χ2v) is 7.45. The molecule has 5 nitrogen and oxygen atoms in total. The number of rotatable bonds is 2. The summed E-state index contributed by atoms with van der Waals surface area (Å²) in [6, 6.07) is 11.0. The summed E-state index contributed by atoms with van der Waals surface area (Å²) >= 11 is 0. The van der Waals surface area contributed by atoms with Gasteiger partial charge in [0.2, 0.25) is 0 Å². The summed E-state index contributed by atoms with van der Waals surface area (Å²) in [7, 11) is 0. The zero-order valence-corrected chi connectivity index (χ0v) is 15.1. The Morgan fingerprint density at radius 1 is 1.08 bits per heavy atom. The van der Waals surface area contributed by atoms with Crippen LogP contribution in [-0.2, 0) is 5.41 Å². The normalized spacial score (nSPS) is 15.3. The molecular weight excluding hydrogens is 314 g/mol. The zero-order valence-electron chi connectivity index (χ0n) is 15.1. The Morgan fingerprint density at radius 2 is 1.80 bits per heavy atom. The fourth-order valence-electron chi connectivity index (χ4n) is 3.13. The second-order valence-electron chi connectivity index (χ2n) is 7.45. The van der Waals surface area contributed by atoms with E-state index >= 15 is 0 Å². The van der Waals surface area contributed by atoms with Gasteiger partial charge >= 0.3 is 0 Å². The first-order valence-electron chi connectivity index (χ1n) is 8.65. The number of hydrogen-bond donors (Lipinski definition) is 1. The number of carbonyl (C=O) groups is 1. The third-order valence-corrected chi connectivity index (χ3v) is 4.59. The quantitative estimate of drug-likeness (QED) is 0.914. The summed E-state index contributed by atoms with van der Waals surface area (Å²) in [4.78, 5) is 21.3. The summed E-state index contributed by atoms with van der Waals surface area (Å²) in [6.45, 7) is 8.97. The number of aromatic hydroxyl groups is 1. The van der Waals surface area contributed by atoms with Crippen LogP contribution in [0.25, 0.3) is 0 Å². The lowest BCUT2D eigenvalue weighted by atomic mass is 9.85. The minimum atomic E-state index is -0.210. The Hall–Kier alpha value is -2.56. The van der Waals surface area contributed by atoms with Crippen molar-refractivity contribution in [1.29, 1.82) is 0 Å². The summed E-state index contributed by atoms with van der Waals surface area (Å²) in [5, 5.41) is 10.1. The number of aromatic nitrogens is 1. The summed E-state index contributed by atoms with van der Waals surface area (Å²) < 4.78 is 0. The summed E-state index contributed by atoms with van der Waals surface area (Å²) in [6.07, 6.45) is 1.79. The van der Waals surface area contributed by atoms with E-state index in [-0.39, 0.29) is 17.1 Å². The number of pyridine rings is 1. The number of nitrogens with zero attached hydrogens (tertiary/aromatic N) is 3. The van der Waals surface area contributed by atoms with Crippen molar-refractivity contribution in [1.82, 2.24) is 9.88 Å². The maximum absolute atomic E-state index is 12.8. The van der Waals surface area contributed by atoms with Crippen LogP contribution in [0.5, 0.6) is 5.75 Å². The van der Waals surface area contributed by atoms with Crippen molar-refractivity contribution in [2.24, 2.45) is 0 Å². The van der Waals surface area contributed by atoms with Crippen LogP contribution in [0.3, 0.4) is 0 Å². The predicted octanol–water partition coefficient (Wildman–Crippen LogP) is 3.05. The van der Waals surface area contributed by atoms with E-state index in [1.165, 1.54) is 0 Å². The van der Waals surface area contributed by atoms with Gasteiger partial charge < -0.3 is 14.9 Å². The first-order valence-corrected chi connectivity index (χ1v) is 8.65. The maximum atomic E-state index is 12.8. The van der Waals surface area contributed by atoms with Crippen molar-refractivity contribution in [3.63, 3.8) is 0 Å². The van der Waals surface area contributed by atoms with Gasteiger partial charge in [0, 0.05) is 43.5 Å². The molecule has 0 bridgehead atoms. The summed E-state index contributed by atoms with van der Waals surface area (Å²) in [5.74, 6) is 1.21. The maximum Gasteiger partial charge on any atom is 0.253 e. The number of piperazine rings is 1. The summed E-state index contributed by atoms with van der Waals surface area (Å²) in [5.41, 5.74) is 1.22. The highest BCUT2D eigenvalue weighted by molar-refractivity contribution is 5.94. The van der Waals surface area contributed by atoms with Crippen LogP contribution in [-0.4, -0.2) is 47.1 Å². The molecule has 0 radical (unpaired) electrons. The molecule has 1 N–H and O–H groups in total. The van der Waals surface area contributed by atoms with Gasteiger partial charge in [0.25, 0.3) is 5.91 Å². The molecule has 1 aliphatic heterocycles. The van der Waals surface area contributed by atoms with Crippen molar-refractivity contribution in [3.8, 4) is 5.75 Å². The smallest absolute Gasteiger partial charge is 0.253 e. The molecule has 132 valence electrons. The Balaban J connectivity index is 1.71. The van der Waals surface area contributed by atoms with E-state index in [9.17, 15) is 9.90 Å². The van der Waals surface area contributed by atoms with Gasteiger partial charge in [-0.25, -0.2) is 4.98 Å². The topological polar surface area (TPSA) is 56.7 Å². The predicted molar refractivity (Wildman–Crippen MR) is 99.2 cm³/mol. The lowest BCUT2D eigenvalue weighted by Crippen LogP contribution is -2.49. The van der Waals surface area contributed by atoms with E-state index in [1.807, 2.05) is 49.9 Å². The molecule has 1 aromatic heterocycles. The number of hydrogen-bond acceptors (Lipinski definition) is 4. The Bertz CT molecular complexity index is 745. The molecule has 1 aromatic carbocycles. The molecule has 0 atom stereocenters. The van der Waals surface area contributed by atoms with Gasteiger partial charge in [-0.2, -0.15) is 0 Å². The van der Waals surface area contributed by atoms with E-state index in [0.29, 0.717) is 18.7 Å². The van der Waals surface area contributed by atoms with Gasteiger partial charge in [-0.3, -0.25) is 4.79 Å². The monoisotopic (exact) mass is 339 g/mol. The molecule has 25 heavy (non-hydrogen) atoms. The Morgan fingerprint density at radius 3 is 2.40 bits per heavy atom. The minimum absolute atomic E-state index is 0.0196. The van der Waals surface area contributed by atoms with Crippen molar-refractivity contribution < 1.29 is 9.90 Å². The van der Waals surface area contributed by atoms with Gasteiger partial charge in [0.1, 0.15) is 11.6 Å². The third kappa shape index (κ3) is 3.76. The lowest BCUT2D eigenvalue weighted by molar-refractivity contribution is 0.0746. The number of amides is 1. The number of phenolic OH excluding ortho intramolecular Hbond substituents is 1. The number of carbonyl (C=O) groups excluding carboxylic acids is 1. The second kappa shape index (κ2) is 6.75. The largest absolute Gasteiger partial charge is 0.508 e. The highest BCUT2D eigenvalue weighted by Gasteiger charge is 2.25. The highest BCUT2D eigenvalue weighted by Crippen LogP contribution is 2.31. The van der Waals surface area contributed by atoms with Crippen molar-refractivity contribution in [2.45, 2.75) is 26.2 Å². The number of phenols is 1. The first kappa shape index (κ1) is 17.3. The molecule has 1 fully saturated rings. The van der Waals surface area contributed by atoms with Crippen LogP contribution in [0.2, 0.25) is 0 Å². The fraction of sp³-hybridized carbons (Fsp3) is 0.400. The third-order valence-electron chi connectivity index (χ3n) is 4.59. The van der Waals surface area contributed by atoms with Crippen LogP contribution in [0, 0.1) is 0 Å². The molecule has 2 heterocycles. The number of anilines is 1. The molecule has 1 saturated heterocycles. The van der Waals surface area contributed by atoms with Crippen LogP contribution < -0.4 is 4.90 Å². The molecule has 0 aliphatic carbocycles. The van der Waals surface area contributed by atoms with Gasteiger partial charge in [-0.05, 0) is 35.7 Å². The van der Waals surface area contributed by atoms with E-state index in [0.717, 1.165) is 24.5 Å². The first-order chi connectivity index (χ1) is 11.9. The lowest BCUT2D eigenvalue weighted by Gasteiger charge is -2.35. The van der Waals surface area contributed by atoms with E-state index < -0.39 is 0 Å². The molecule has 0 unspecified atom stereocenters. The molecular formula is C20H25N3O2. The average Bonchev–Trinajstić information content (AvgIpc) is 2.61. The molecule has 0 saturated carbocycles. The van der Waals surface area contributed by atoms with E-state index in [2.05, 4.69) is 9.88 Å². The molecule has 2 aromatic rings. The minimum Gasteiger partial charge on any atom is -0.508 e. The molecule has 1 aliphatic rings. The number of benzene rings is 1. The van der Waals surface area contributed by atoms with Gasteiger partial charge in [0.15, 0.2) is 0 Å².